The third-order valence-corrected chi connectivity index (χ3v) is 3.90. The number of pyridine rings is 2. The molecule has 0 bridgehead atoms. The molecule has 0 saturated carbocycles. The van der Waals surface area contributed by atoms with Crippen LogP contribution in [0.2, 0.25) is 10.0 Å². The summed E-state index contributed by atoms with van der Waals surface area (Å²) in [6.45, 7) is 0. The van der Waals surface area contributed by atoms with Gasteiger partial charge in [-0.3, -0.25) is 15.1 Å². The topological polar surface area (TPSA) is 107 Å². The first kappa shape index (κ1) is 16.9. The molecule has 7 nitrogen and oxygen atoms in total. The van der Waals surface area contributed by atoms with Crippen molar-refractivity contribution in [2.24, 2.45) is 0 Å². The highest BCUT2D eigenvalue weighted by molar-refractivity contribution is 6.36. The molecular weight excluding hydrogens is 365 g/mol. The maximum atomic E-state index is 10.8. The Bertz CT molecular complexity index is 965. The second kappa shape index (κ2) is 6.92. The monoisotopic (exact) mass is 375 g/mol. The number of nitrogens with one attached hydrogen (secondary N) is 1. The quantitative estimate of drug-likeness (QED) is 0.506. The molecule has 2 heterocycles. The molecule has 3 aromatic rings. The van der Waals surface area contributed by atoms with Gasteiger partial charge < -0.3 is 11.1 Å². The third kappa shape index (κ3) is 3.62. The summed E-state index contributed by atoms with van der Waals surface area (Å²) < 4.78 is 0. The van der Waals surface area contributed by atoms with Crippen LogP contribution >= 0.6 is 23.2 Å². The molecule has 0 amide bonds. The minimum atomic E-state index is -0.588. The predicted octanol–water partition coefficient (Wildman–Crippen LogP) is 4.68. The van der Waals surface area contributed by atoms with Gasteiger partial charge in [0.15, 0.2) is 0 Å². The molecule has 0 spiro atoms. The van der Waals surface area contributed by atoms with Crippen LogP contribution in [0, 0.1) is 10.1 Å². The number of rotatable bonds is 4. The lowest BCUT2D eigenvalue weighted by Crippen LogP contribution is -2.02. The third-order valence-electron chi connectivity index (χ3n) is 3.36. The summed E-state index contributed by atoms with van der Waals surface area (Å²) in [6.07, 6.45) is 1.63. The fourth-order valence-corrected chi connectivity index (χ4v) is 2.73. The largest absolute Gasteiger partial charge is 0.378 e. The van der Waals surface area contributed by atoms with Crippen LogP contribution < -0.4 is 11.1 Å². The molecule has 126 valence electrons. The van der Waals surface area contributed by atoms with Crippen LogP contribution in [-0.4, -0.2) is 14.9 Å². The number of hydrogen-bond acceptors (Lipinski definition) is 6. The first-order valence-electron chi connectivity index (χ1n) is 7.04. The number of nitrogen functional groups attached to an aromatic ring is 1. The van der Waals surface area contributed by atoms with Gasteiger partial charge in [-0.25, -0.2) is 4.98 Å². The molecule has 0 unspecified atom stereocenters. The van der Waals surface area contributed by atoms with E-state index >= 15 is 0 Å². The lowest BCUT2D eigenvalue weighted by Gasteiger charge is -2.12. The number of anilines is 3. The van der Waals surface area contributed by atoms with E-state index in [2.05, 4.69) is 15.3 Å². The smallest absolute Gasteiger partial charge is 0.311 e. The van der Waals surface area contributed by atoms with E-state index in [9.17, 15) is 10.1 Å². The summed E-state index contributed by atoms with van der Waals surface area (Å²) in [6, 6.07) is 11.4. The van der Waals surface area contributed by atoms with Crippen LogP contribution in [0.15, 0.2) is 48.7 Å². The molecule has 0 atom stereocenters. The van der Waals surface area contributed by atoms with E-state index in [-0.39, 0.29) is 11.5 Å². The van der Waals surface area contributed by atoms with Crippen molar-refractivity contribution in [2.75, 3.05) is 11.1 Å². The summed E-state index contributed by atoms with van der Waals surface area (Å²) in [4.78, 5) is 18.6. The van der Waals surface area contributed by atoms with Crippen LogP contribution in [0.3, 0.4) is 0 Å². The van der Waals surface area contributed by atoms with E-state index in [0.717, 1.165) is 0 Å². The number of nitrogens with zero attached hydrogens (tertiary/aromatic N) is 3. The van der Waals surface area contributed by atoms with Gasteiger partial charge in [0.2, 0.25) is 5.82 Å². The van der Waals surface area contributed by atoms with Crippen molar-refractivity contribution >= 4 is 46.2 Å². The first-order chi connectivity index (χ1) is 12.0. The molecule has 3 rings (SSSR count). The van der Waals surface area contributed by atoms with Gasteiger partial charge >= 0.3 is 5.69 Å². The summed E-state index contributed by atoms with van der Waals surface area (Å²) in [5.74, 6) is 0.174. The minimum Gasteiger partial charge on any atom is -0.378 e. The average Bonchev–Trinajstić information content (AvgIpc) is 2.55. The normalized spacial score (nSPS) is 10.5. The molecule has 0 aliphatic rings. The Labute approximate surface area is 152 Å². The summed E-state index contributed by atoms with van der Waals surface area (Å²) >= 11 is 12.2. The van der Waals surface area contributed by atoms with Crippen molar-refractivity contribution in [3.63, 3.8) is 0 Å². The number of benzene rings is 1. The second-order valence-electron chi connectivity index (χ2n) is 5.01. The van der Waals surface area contributed by atoms with Gasteiger partial charge in [-0.1, -0.05) is 23.2 Å². The van der Waals surface area contributed by atoms with E-state index in [1.165, 1.54) is 12.1 Å². The molecular formula is C16H11Cl2N5O2. The number of halogens is 2. The highest BCUT2D eigenvalue weighted by Gasteiger charge is 2.15. The van der Waals surface area contributed by atoms with E-state index in [0.29, 0.717) is 32.8 Å². The average molecular weight is 376 g/mol. The van der Waals surface area contributed by atoms with Crippen molar-refractivity contribution in [3.8, 4) is 11.3 Å². The van der Waals surface area contributed by atoms with Gasteiger partial charge in [0.05, 0.1) is 21.3 Å². The second-order valence-corrected chi connectivity index (χ2v) is 5.85. The Morgan fingerprint density at radius 2 is 1.96 bits per heavy atom. The molecule has 0 aliphatic carbocycles. The first-order valence-corrected chi connectivity index (χ1v) is 7.79. The Hall–Kier alpha value is -2.90. The van der Waals surface area contributed by atoms with Gasteiger partial charge in [-0.2, -0.15) is 0 Å². The van der Waals surface area contributed by atoms with Crippen molar-refractivity contribution in [2.45, 2.75) is 0 Å². The van der Waals surface area contributed by atoms with Crippen LogP contribution in [0.5, 0.6) is 0 Å². The zero-order valence-electron chi connectivity index (χ0n) is 12.6. The molecule has 0 saturated heterocycles. The Morgan fingerprint density at radius 3 is 2.64 bits per heavy atom. The Balaban J connectivity index is 1.99. The van der Waals surface area contributed by atoms with Crippen LogP contribution in [0.25, 0.3) is 11.3 Å². The molecule has 3 N–H and O–H groups in total. The number of aromatic nitrogens is 2. The fourth-order valence-electron chi connectivity index (χ4n) is 2.23. The Morgan fingerprint density at radius 1 is 1.16 bits per heavy atom. The van der Waals surface area contributed by atoms with Gasteiger partial charge in [0, 0.05) is 22.8 Å². The Kier molecular flexibility index (Phi) is 4.69. The molecule has 0 radical (unpaired) electrons. The van der Waals surface area contributed by atoms with Gasteiger partial charge in [0.25, 0.3) is 0 Å². The van der Waals surface area contributed by atoms with Crippen LogP contribution in [-0.2, 0) is 0 Å². The van der Waals surface area contributed by atoms with Crippen LogP contribution in [0.1, 0.15) is 0 Å². The molecule has 25 heavy (non-hydrogen) atoms. The zero-order valence-corrected chi connectivity index (χ0v) is 14.1. The van der Waals surface area contributed by atoms with Crippen molar-refractivity contribution in [1.82, 2.24) is 9.97 Å². The predicted molar refractivity (Wildman–Crippen MR) is 98.3 cm³/mol. The fraction of sp³-hybridized carbons (Fsp3) is 0. The highest BCUT2D eigenvalue weighted by atomic mass is 35.5. The van der Waals surface area contributed by atoms with Gasteiger partial charge in [0.1, 0.15) is 5.82 Å². The standard InChI is InChI=1S/C16H11Cl2N5O2/c17-9-3-4-10(11(18)8-9)15-12(2-1-7-20-15)21-14-6-5-13(23(24)25)16(19)22-14/h1-8H,(H3,19,21,22). The highest BCUT2D eigenvalue weighted by Crippen LogP contribution is 2.34. The van der Waals surface area contributed by atoms with E-state index in [4.69, 9.17) is 28.9 Å². The lowest BCUT2D eigenvalue weighted by atomic mass is 10.1. The molecule has 9 heteroatoms. The van der Waals surface area contributed by atoms with E-state index in [1.807, 2.05) is 0 Å². The maximum absolute atomic E-state index is 10.8. The molecule has 2 aromatic heterocycles. The number of hydrogen-bond donors (Lipinski definition) is 2. The number of nitrogens with two attached hydrogens (primary N) is 1. The van der Waals surface area contributed by atoms with Crippen molar-refractivity contribution in [3.05, 3.63) is 68.8 Å². The zero-order chi connectivity index (χ0) is 18.0. The minimum absolute atomic E-state index is 0.176. The number of nitro groups is 1. The summed E-state index contributed by atoms with van der Waals surface area (Å²) in [5.41, 5.74) is 7.26. The maximum Gasteiger partial charge on any atom is 0.311 e. The lowest BCUT2D eigenvalue weighted by molar-refractivity contribution is -0.384. The SMILES string of the molecule is Nc1nc(Nc2cccnc2-c2ccc(Cl)cc2Cl)ccc1[N+](=O)[O-]. The van der Waals surface area contributed by atoms with Gasteiger partial charge in [-0.05, 0) is 36.4 Å². The summed E-state index contributed by atoms with van der Waals surface area (Å²) in [7, 11) is 0. The van der Waals surface area contributed by atoms with Gasteiger partial charge in [-0.15, -0.1) is 0 Å². The van der Waals surface area contributed by atoms with E-state index in [1.54, 1.807) is 36.5 Å². The molecule has 0 fully saturated rings. The molecule has 1 aromatic carbocycles. The summed E-state index contributed by atoms with van der Waals surface area (Å²) in [5, 5.41) is 14.8. The van der Waals surface area contributed by atoms with Crippen LogP contribution in [0.4, 0.5) is 23.0 Å². The van der Waals surface area contributed by atoms with Crippen molar-refractivity contribution < 1.29 is 4.92 Å². The van der Waals surface area contributed by atoms with E-state index < -0.39 is 4.92 Å². The van der Waals surface area contributed by atoms with Crippen molar-refractivity contribution in [1.29, 1.82) is 0 Å². The molecule has 0 aliphatic heterocycles.